The number of nitrogens with one attached hydrogen (secondary N) is 2. The zero-order valence-corrected chi connectivity index (χ0v) is 14.4. The van der Waals surface area contributed by atoms with Gasteiger partial charge < -0.3 is 20.0 Å². The Morgan fingerprint density at radius 1 is 1.08 bits per heavy atom. The van der Waals surface area contributed by atoms with E-state index in [2.05, 4.69) is 56.7 Å². The molecule has 2 heterocycles. The van der Waals surface area contributed by atoms with Gasteiger partial charge in [-0.2, -0.15) is 10.1 Å². The molecule has 0 spiro atoms. The van der Waals surface area contributed by atoms with E-state index in [1.807, 2.05) is 24.3 Å². The first-order valence-corrected chi connectivity index (χ1v) is 8.36. The van der Waals surface area contributed by atoms with Crippen LogP contribution in [0.2, 0.25) is 0 Å². The number of hydrogen-bond donors (Lipinski definition) is 2. The molecule has 0 bridgehead atoms. The molecule has 0 amide bonds. The van der Waals surface area contributed by atoms with Crippen molar-refractivity contribution in [3.63, 3.8) is 0 Å². The van der Waals surface area contributed by atoms with Gasteiger partial charge in [-0.3, -0.25) is 0 Å². The monoisotopic (exact) mass is 338 g/mol. The van der Waals surface area contributed by atoms with Gasteiger partial charge in [-0.05, 0) is 50.2 Å². The van der Waals surface area contributed by atoms with Gasteiger partial charge in [-0.1, -0.05) is 0 Å². The summed E-state index contributed by atoms with van der Waals surface area (Å²) in [4.78, 5) is 6.70. The van der Waals surface area contributed by atoms with Crippen molar-refractivity contribution < 1.29 is 4.42 Å². The van der Waals surface area contributed by atoms with Crippen molar-refractivity contribution >= 4 is 23.1 Å². The first-order chi connectivity index (χ1) is 12.3. The van der Waals surface area contributed by atoms with E-state index in [0.717, 1.165) is 24.5 Å². The van der Waals surface area contributed by atoms with Gasteiger partial charge in [0.25, 0.3) is 0 Å². The van der Waals surface area contributed by atoms with Crippen LogP contribution >= 0.6 is 0 Å². The fourth-order valence-corrected chi connectivity index (χ4v) is 2.51. The quantitative estimate of drug-likeness (QED) is 0.649. The molecule has 0 atom stereocenters. The van der Waals surface area contributed by atoms with E-state index in [9.17, 15) is 0 Å². The molecule has 2 aromatic heterocycles. The van der Waals surface area contributed by atoms with E-state index in [4.69, 9.17) is 4.42 Å². The second-order valence-corrected chi connectivity index (χ2v) is 5.44. The molecule has 2 N–H and O–H groups in total. The summed E-state index contributed by atoms with van der Waals surface area (Å²) in [5, 5.41) is 14.3. The summed E-state index contributed by atoms with van der Waals surface area (Å²) in [7, 11) is 0. The van der Waals surface area contributed by atoms with Gasteiger partial charge in [0.2, 0.25) is 5.95 Å². The number of rotatable bonds is 8. The minimum Gasteiger partial charge on any atom is -0.467 e. The van der Waals surface area contributed by atoms with Gasteiger partial charge in [0.1, 0.15) is 5.76 Å². The van der Waals surface area contributed by atoms with Crippen LogP contribution in [0.15, 0.2) is 53.3 Å². The molecule has 25 heavy (non-hydrogen) atoms. The first kappa shape index (κ1) is 16.8. The number of furan rings is 1. The summed E-state index contributed by atoms with van der Waals surface area (Å²) in [6, 6.07) is 12.0. The number of hydrogen-bond acceptors (Lipinski definition) is 7. The lowest BCUT2D eigenvalue weighted by atomic mass is 10.2. The van der Waals surface area contributed by atoms with Crippen LogP contribution in [0, 0.1) is 0 Å². The molecule has 0 radical (unpaired) electrons. The maximum absolute atomic E-state index is 5.28. The maximum atomic E-state index is 5.28. The third-order valence-electron chi connectivity index (χ3n) is 3.83. The van der Waals surface area contributed by atoms with Crippen LogP contribution in [0.25, 0.3) is 0 Å². The summed E-state index contributed by atoms with van der Waals surface area (Å²) < 4.78 is 5.28. The van der Waals surface area contributed by atoms with Gasteiger partial charge in [-0.25, -0.2) is 0 Å². The topological polar surface area (TPSA) is 79.1 Å². The van der Waals surface area contributed by atoms with Crippen LogP contribution in [0.4, 0.5) is 23.1 Å². The number of aromatic nitrogens is 3. The van der Waals surface area contributed by atoms with Gasteiger partial charge in [0.15, 0.2) is 5.82 Å². The Morgan fingerprint density at radius 2 is 1.88 bits per heavy atom. The normalized spacial score (nSPS) is 10.5. The van der Waals surface area contributed by atoms with Crippen molar-refractivity contribution in [1.82, 2.24) is 15.2 Å². The maximum Gasteiger partial charge on any atom is 0.249 e. The summed E-state index contributed by atoms with van der Waals surface area (Å²) in [6.07, 6.45) is 3.22. The lowest BCUT2D eigenvalue weighted by Gasteiger charge is -2.21. The standard InChI is InChI=1S/C18H22N6O/c1-3-24(4-2)15-9-7-14(8-10-15)21-18-22-17(13-20-23-18)19-12-16-6-5-11-25-16/h5-11,13H,3-4,12H2,1-2H3,(H2,19,21,22,23). The van der Waals surface area contributed by atoms with E-state index >= 15 is 0 Å². The third kappa shape index (κ3) is 4.47. The van der Waals surface area contributed by atoms with E-state index in [0.29, 0.717) is 18.3 Å². The zero-order valence-electron chi connectivity index (χ0n) is 14.4. The van der Waals surface area contributed by atoms with Gasteiger partial charge in [0, 0.05) is 24.5 Å². The van der Waals surface area contributed by atoms with Crippen LogP contribution in [0.3, 0.4) is 0 Å². The van der Waals surface area contributed by atoms with Crippen molar-refractivity contribution in [3.8, 4) is 0 Å². The molecule has 0 fully saturated rings. The van der Waals surface area contributed by atoms with Gasteiger partial charge in [0.05, 0.1) is 19.0 Å². The molecule has 0 aliphatic carbocycles. The largest absolute Gasteiger partial charge is 0.467 e. The van der Waals surface area contributed by atoms with Crippen LogP contribution in [0.1, 0.15) is 19.6 Å². The van der Waals surface area contributed by atoms with E-state index < -0.39 is 0 Å². The number of nitrogens with zero attached hydrogens (tertiary/aromatic N) is 4. The van der Waals surface area contributed by atoms with Crippen LogP contribution in [-0.2, 0) is 6.54 Å². The highest BCUT2D eigenvalue weighted by molar-refractivity contribution is 5.59. The number of benzene rings is 1. The average Bonchev–Trinajstić information content (AvgIpc) is 3.16. The zero-order chi connectivity index (χ0) is 17.5. The average molecular weight is 338 g/mol. The highest BCUT2D eigenvalue weighted by atomic mass is 16.3. The molecule has 0 aliphatic rings. The molecular formula is C18H22N6O. The van der Waals surface area contributed by atoms with Crippen molar-refractivity contribution in [2.45, 2.75) is 20.4 Å². The molecular weight excluding hydrogens is 316 g/mol. The smallest absolute Gasteiger partial charge is 0.249 e. The van der Waals surface area contributed by atoms with Crippen molar-refractivity contribution in [3.05, 3.63) is 54.6 Å². The summed E-state index contributed by atoms with van der Waals surface area (Å²) in [6.45, 7) is 6.82. The first-order valence-electron chi connectivity index (χ1n) is 8.36. The predicted octanol–water partition coefficient (Wildman–Crippen LogP) is 3.67. The van der Waals surface area contributed by atoms with E-state index in [1.54, 1.807) is 12.5 Å². The Kier molecular flexibility index (Phi) is 5.46. The molecule has 0 unspecified atom stereocenters. The highest BCUT2D eigenvalue weighted by Crippen LogP contribution is 2.20. The highest BCUT2D eigenvalue weighted by Gasteiger charge is 2.04. The Morgan fingerprint density at radius 3 is 2.56 bits per heavy atom. The second kappa shape index (κ2) is 8.14. The fourth-order valence-electron chi connectivity index (χ4n) is 2.51. The van der Waals surface area contributed by atoms with Gasteiger partial charge >= 0.3 is 0 Å². The minimum atomic E-state index is 0.444. The SMILES string of the molecule is CCN(CC)c1ccc(Nc2nncc(NCc3ccco3)n2)cc1. The number of anilines is 4. The Bertz CT molecular complexity index is 769. The van der Waals surface area contributed by atoms with Crippen LogP contribution in [0.5, 0.6) is 0 Å². The van der Waals surface area contributed by atoms with Gasteiger partial charge in [-0.15, -0.1) is 5.10 Å². The van der Waals surface area contributed by atoms with Crippen LogP contribution < -0.4 is 15.5 Å². The lowest BCUT2D eigenvalue weighted by molar-refractivity contribution is 0.517. The molecule has 0 saturated carbocycles. The Labute approximate surface area is 147 Å². The molecule has 1 aromatic carbocycles. The molecule has 130 valence electrons. The Balaban J connectivity index is 1.63. The van der Waals surface area contributed by atoms with Crippen molar-refractivity contribution in [1.29, 1.82) is 0 Å². The predicted molar refractivity (Wildman–Crippen MR) is 99.1 cm³/mol. The molecule has 3 rings (SSSR count). The second-order valence-electron chi connectivity index (χ2n) is 5.44. The molecule has 3 aromatic rings. The van der Waals surface area contributed by atoms with Crippen LogP contribution in [-0.4, -0.2) is 28.3 Å². The van der Waals surface area contributed by atoms with Crippen molar-refractivity contribution in [2.24, 2.45) is 0 Å². The fraction of sp³-hybridized carbons (Fsp3) is 0.278. The molecule has 0 aliphatic heterocycles. The summed E-state index contributed by atoms with van der Waals surface area (Å²) in [5.41, 5.74) is 2.12. The Hall–Kier alpha value is -3.09. The van der Waals surface area contributed by atoms with E-state index in [-0.39, 0.29) is 0 Å². The van der Waals surface area contributed by atoms with E-state index in [1.165, 1.54) is 5.69 Å². The summed E-state index contributed by atoms with van der Waals surface area (Å²) >= 11 is 0. The molecule has 7 heteroatoms. The van der Waals surface area contributed by atoms with Crippen molar-refractivity contribution in [2.75, 3.05) is 28.6 Å². The third-order valence-corrected chi connectivity index (χ3v) is 3.83. The molecule has 7 nitrogen and oxygen atoms in total. The lowest BCUT2D eigenvalue weighted by Crippen LogP contribution is -2.21. The minimum absolute atomic E-state index is 0.444. The summed E-state index contributed by atoms with van der Waals surface area (Å²) in [5.74, 6) is 1.91. The molecule has 0 saturated heterocycles.